The Balaban J connectivity index is 1.46. The average molecular weight is 306 g/mol. The van der Waals surface area contributed by atoms with E-state index in [1.54, 1.807) is 11.3 Å². The summed E-state index contributed by atoms with van der Waals surface area (Å²) < 4.78 is 5.81. The second-order valence-corrected chi connectivity index (χ2v) is 7.40. The fourth-order valence-corrected chi connectivity index (χ4v) is 4.28. The monoisotopic (exact) mass is 306 g/mol. The smallest absolute Gasteiger partial charge is 0.244 e. The van der Waals surface area contributed by atoms with Crippen molar-refractivity contribution in [2.45, 2.75) is 56.3 Å². The lowest BCUT2D eigenvalue weighted by Crippen LogP contribution is -2.35. The van der Waals surface area contributed by atoms with Gasteiger partial charge < -0.3 is 9.64 Å². The highest BCUT2D eigenvalue weighted by molar-refractivity contribution is 7.10. The minimum Gasteiger partial charge on any atom is -0.378 e. The summed E-state index contributed by atoms with van der Waals surface area (Å²) in [6.45, 7) is 1.69. The molecule has 114 valence electrons. The molecule has 0 bridgehead atoms. The molecule has 4 rings (SSSR count). The van der Waals surface area contributed by atoms with E-state index in [0.717, 1.165) is 38.8 Å². The lowest BCUT2D eigenvalue weighted by Gasteiger charge is -2.27. The zero-order valence-electron chi connectivity index (χ0n) is 12.2. The van der Waals surface area contributed by atoms with Crippen molar-refractivity contribution in [3.05, 3.63) is 22.4 Å². The molecule has 5 heteroatoms. The molecule has 2 saturated heterocycles. The number of carbonyl (C=O) groups is 1. The number of nitrogens with one attached hydrogen (secondary N) is 1. The Bertz CT molecular complexity index is 506. The van der Waals surface area contributed by atoms with Crippen LogP contribution in [0.4, 0.5) is 0 Å². The maximum atomic E-state index is 12.7. The SMILES string of the molecule is O=C1N(CCC2CCCCO2)C(c2cccs2)NC12CC2. The van der Waals surface area contributed by atoms with Gasteiger partial charge in [-0.25, -0.2) is 0 Å². The van der Waals surface area contributed by atoms with Crippen LogP contribution in [0.15, 0.2) is 17.5 Å². The largest absolute Gasteiger partial charge is 0.378 e. The molecule has 4 nitrogen and oxygen atoms in total. The van der Waals surface area contributed by atoms with E-state index in [1.165, 1.54) is 17.7 Å². The first-order valence-corrected chi connectivity index (χ1v) is 8.90. The first kappa shape index (κ1) is 13.7. The maximum absolute atomic E-state index is 12.7. The van der Waals surface area contributed by atoms with E-state index in [9.17, 15) is 4.79 Å². The number of ether oxygens (including phenoxy) is 1. The van der Waals surface area contributed by atoms with Crippen molar-refractivity contribution in [3.63, 3.8) is 0 Å². The Kier molecular flexibility index (Phi) is 3.52. The van der Waals surface area contributed by atoms with Gasteiger partial charge in [0.15, 0.2) is 0 Å². The van der Waals surface area contributed by atoms with E-state index in [4.69, 9.17) is 4.74 Å². The van der Waals surface area contributed by atoms with Crippen LogP contribution in [0.1, 0.15) is 49.6 Å². The molecule has 2 aliphatic heterocycles. The number of thiophene rings is 1. The second-order valence-electron chi connectivity index (χ2n) is 6.42. The van der Waals surface area contributed by atoms with E-state index in [1.807, 2.05) is 0 Å². The van der Waals surface area contributed by atoms with Crippen LogP contribution < -0.4 is 5.32 Å². The third-order valence-electron chi connectivity index (χ3n) is 4.92. The predicted molar refractivity (Wildman–Crippen MR) is 82.1 cm³/mol. The van der Waals surface area contributed by atoms with Crippen molar-refractivity contribution in [2.75, 3.05) is 13.2 Å². The molecule has 3 heterocycles. The quantitative estimate of drug-likeness (QED) is 0.930. The van der Waals surface area contributed by atoms with Crippen LogP contribution in [-0.4, -0.2) is 35.6 Å². The van der Waals surface area contributed by atoms with Gasteiger partial charge in [0.1, 0.15) is 11.7 Å². The summed E-state index contributed by atoms with van der Waals surface area (Å²) in [5.74, 6) is 0.303. The average Bonchev–Trinajstić information content (AvgIpc) is 2.99. The molecule has 1 spiro atoms. The number of hydrogen-bond acceptors (Lipinski definition) is 4. The lowest BCUT2D eigenvalue weighted by molar-refractivity contribution is -0.131. The highest BCUT2D eigenvalue weighted by atomic mass is 32.1. The molecule has 1 aliphatic carbocycles. The van der Waals surface area contributed by atoms with E-state index in [2.05, 4.69) is 27.7 Å². The molecule has 1 saturated carbocycles. The standard InChI is InChI=1S/C16H22N2O2S/c19-15-16(7-8-16)17-14(13-5-3-11-21-13)18(15)9-6-12-4-1-2-10-20-12/h3,5,11-12,14,17H,1-2,4,6-10H2. The van der Waals surface area contributed by atoms with Crippen molar-refractivity contribution >= 4 is 17.2 Å². The Morgan fingerprint density at radius 2 is 2.33 bits per heavy atom. The molecule has 1 aromatic rings. The van der Waals surface area contributed by atoms with Gasteiger partial charge in [-0.2, -0.15) is 0 Å². The van der Waals surface area contributed by atoms with Gasteiger partial charge in [0, 0.05) is 18.0 Å². The normalized spacial score (nSPS) is 31.0. The number of nitrogens with zero attached hydrogens (tertiary/aromatic N) is 1. The molecule has 2 unspecified atom stereocenters. The minimum absolute atomic E-state index is 0.0728. The van der Waals surface area contributed by atoms with Crippen LogP contribution in [0.25, 0.3) is 0 Å². The van der Waals surface area contributed by atoms with Gasteiger partial charge in [0.2, 0.25) is 5.91 Å². The number of carbonyl (C=O) groups excluding carboxylic acids is 1. The van der Waals surface area contributed by atoms with Crippen LogP contribution >= 0.6 is 11.3 Å². The van der Waals surface area contributed by atoms with Gasteiger partial charge in [-0.1, -0.05) is 6.07 Å². The Labute approximate surface area is 129 Å². The zero-order chi connectivity index (χ0) is 14.3. The van der Waals surface area contributed by atoms with Gasteiger partial charge in [-0.3, -0.25) is 10.1 Å². The van der Waals surface area contributed by atoms with E-state index < -0.39 is 0 Å². The van der Waals surface area contributed by atoms with Crippen LogP contribution in [-0.2, 0) is 9.53 Å². The van der Waals surface area contributed by atoms with E-state index >= 15 is 0 Å². The molecule has 0 aromatic carbocycles. The Hall–Kier alpha value is -0.910. The third-order valence-corrected chi connectivity index (χ3v) is 5.85. The van der Waals surface area contributed by atoms with E-state index in [-0.39, 0.29) is 11.7 Å². The lowest BCUT2D eigenvalue weighted by atomic mass is 10.1. The molecule has 3 aliphatic rings. The second kappa shape index (κ2) is 5.38. The summed E-state index contributed by atoms with van der Waals surface area (Å²) in [6, 6.07) is 4.19. The molecule has 1 aromatic heterocycles. The summed E-state index contributed by atoms with van der Waals surface area (Å²) in [6.07, 6.45) is 6.94. The fraction of sp³-hybridized carbons (Fsp3) is 0.688. The van der Waals surface area contributed by atoms with Crippen molar-refractivity contribution in [3.8, 4) is 0 Å². The van der Waals surface area contributed by atoms with Crippen molar-refractivity contribution < 1.29 is 9.53 Å². The van der Waals surface area contributed by atoms with Gasteiger partial charge in [0.05, 0.1) is 6.10 Å². The van der Waals surface area contributed by atoms with E-state index in [0.29, 0.717) is 12.0 Å². The summed E-state index contributed by atoms with van der Waals surface area (Å²) in [7, 11) is 0. The molecular formula is C16H22N2O2S. The predicted octanol–water partition coefficient (Wildman–Crippen LogP) is 2.67. The minimum atomic E-state index is -0.234. The van der Waals surface area contributed by atoms with Crippen LogP contribution in [0.3, 0.4) is 0 Å². The van der Waals surface area contributed by atoms with Crippen LogP contribution in [0.2, 0.25) is 0 Å². The topological polar surface area (TPSA) is 41.6 Å². The van der Waals surface area contributed by atoms with Crippen molar-refractivity contribution in [1.29, 1.82) is 0 Å². The maximum Gasteiger partial charge on any atom is 0.244 e. The third kappa shape index (κ3) is 2.51. The molecule has 3 fully saturated rings. The first-order chi connectivity index (χ1) is 10.3. The molecule has 1 N–H and O–H groups in total. The zero-order valence-corrected chi connectivity index (χ0v) is 13.0. The van der Waals surface area contributed by atoms with Gasteiger partial charge in [0.25, 0.3) is 0 Å². The Morgan fingerprint density at radius 1 is 1.43 bits per heavy atom. The van der Waals surface area contributed by atoms with Gasteiger partial charge >= 0.3 is 0 Å². The highest BCUT2D eigenvalue weighted by Crippen LogP contribution is 2.46. The van der Waals surface area contributed by atoms with Gasteiger partial charge in [-0.05, 0) is 50.0 Å². The van der Waals surface area contributed by atoms with Crippen molar-refractivity contribution in [2.24, 2.45) is 0 Å². The van der Waals surface area contributed by atoms with Crippen LogP contribution in [0.5, 0.6) is 0 Å². The summed E-state index contributed by atoms with van der Waals surface area (Å²) in [5, 5.41) is 5.66. The fourth-order valence-electron chi connectivity index (χ4n) is 3.50. The van der Waals surface area contributed by atoms with Crippen molar-refractivity contribution in [1.82, 2.24) is 10.2 Å². The highest BCUT2D eigenvalue weighted by Gasteiger charge is 2.59. The molecule has 1 amide bonds. The molecule has 21 heavy (non-hydrogen) atoms. The summed E-state index contributed by atoms with van der Waals surface area (Å²) >= 11 is 1.73. The summed E-state index contributed by atoms with van der Waals surface area (Å²) in [5.41, 5.74) is -0.234. The summed E-state index contributed by atoms with van der Waals surface area (Å²) in [4.78, 5) is 16.0. The Morgan fingerprint density at radius 3 is 3.00 bits per heavy atom. The first-order valence-electron chi connectivity index (χ1n) is 8.02. The number of hydrogen-bond donors (Lipinski definition) is 1. The van der Waals surface area contributed by atoms with Gasteiger partial charge in [-0.15, -0.1) is 11.3 Å². The molecular weight excluding hydrogens is 284 g/mol. The molecule has 2 atom stereocenters. The molecule has 0 radical (unpaired) electrons. The number of rotatable bonds is 4. The number of amides is 1. The van der Waals surface area contributed by atoms with Crippen LogP contribution in [0, 0.1) is 0 Å².